The lowest BCUT2D eigenvalue weighted by atomic mass is 10.0. The van der Waals surface area contributed by atoms with Crippen LogP contribution in [0.1, 0.15) is 21.1 Å². The van der Waals surface area contributed by atoms with Crippen LogP contribution in [0.2, 0.25) is 0 Å². The van der Waals surface area contributed by atoms with Crippen LogP contribution >= 0.6 is 11.3 Å². The number of hydrogen-bond acceptors (Lipinski definition) is 6. The Kier molecular flexibility index (Phi) is 6.11. The Bertz CT molecular complexity index is 901. The third-order valence-electron chi connectivity index (χ3n) is 4.90. The van der Waals surface area contributed by atoms with Gasteiger partial charge in [0.05, 0.1) is 17.1 Å². The van der Waals surface area contributed by atoms with Crippen molar-refractivity contribution in [3.8, 4) is 0 Å². The molecule has 0 bridgehead atoms. The molecule has 1 fully saturated rings. The highest BCUT2D eigenvalue weighted by Gasteiger charge is 2.24. The molecule has 7 nitrogen and oxygen atoms in total. The van der Waals surface area contributed by atoms with E-state index in [4.69, 9.17) is 5.21 Å². The molecular formula is C20H24N4O3S. The average molecular weight is 401 g/mol. The van der Waals surface area contributed by atoms with Gasteiger partial charge in [-0.05, 0) is 19.9 Å². The lowest BCUT2D eigenvalue weighted by molar-refractivity contribution is -0.130. The monoisotopic (exact) mass is 400 g/mol. The molecule has 3 rings (SSSR count). The Morgan fingerprint density at radius 1 is 1.21 bits per heavy atom. The highest BCUT2D eigenvalue weighted by Crippen LogP contribution is 2.27. The van der Waals surface area contributed by atoms with Crippen LogP contribution in [0.3, 0.4) is 0 Å². The fourth-order valence-corrected chi connectivity index (χ4v) is 4.22. The quantitative estimate of drug-likeness (QED) is 0.456. The Balaban J connectivity index is 1.66. The molecule has 1 saturated heterocycles. The summed E-state index contributed by atoms with van der Waals surface area (Å²) < 4.78 is 0. The molecule has 0 radical (unpaired) electrons. The second-order valence-electron chi connectivity index (χ2n) is 6.72. The number of anilines is 1. The second kappa shape index (κ2) is 8.53. The number of thiazole rings is 1. The summed E-state index contributed by atoms with van der Waals surface area (Å²) in [6.07, 6.45) is 0.334. The second-order valence-corrected chi connectivity index (χ2v) is 8.12. The van der Waals surface area contributed by atoms with Gasteiger partial charge in [-0.2, -0.15) is 0 Å². The van der Waals surface area contributed by atoms with Crippen LogP contribution in [0.15, 0.2) is 30.8 Å². The third kappa shape index (κ3) is 4.23. The van der Waals surface area contributed by atoms with Crippen molar-refractivity contribution < 1.29 is 14.8 Å². The van der Waals surface area contributed by atoms with Crippen molar-refractivity contribution >= 4 is 34.4 Å². The highest BCUT2D eigenvalue weighted by atomic mass is 32.1. The number of aryl methyl sites for hydroxylation is 2. The lowest BCUT2D eigenvalue weighted by Gasteiger charge is -2.37. The largest absolute Gasteiger partial charge is 0.367 e. The summed E-state index contributed by atoms with van der Waals surface area (Å²) in [5.74, 6) is -0.541. The molecule has 28 heavy (non-hydrogen) atoms. The van der Waals surface area contributed by atoms with Crippen molar-refractivity contribution in [2.45, 2.75) is 20.3 Å². The van der Waals surface area contributed by atoms with E-state index in [0.29, 0.717) is 38.2 Å². The molecule has 2 heterocycles. The van der Waals surface area contributed by atoms with Gasteiger partial charge in [0.25, 0.3) is 5.91 Å². The number of nitrogens with zero attached hydrogens (tertiary/aromatic N) is 3. The molecule has 1 aliphatic rings. The molecule has 1 aromatic carbocycles. The van der Waals surface area contributed by atoms with Crippen LogP contribution in [-0.2, 0) is 16.0 Å². The van der Waals surface area contributed by atoms with Crippen LogP contribution in [0.5, 0.6) is 0 Å². The summed E-state index contributed by atoms with van der Waals surface area (Å²) in [5.41, 5.74) is 4.24. The predicted molar refractivity (Wildman–Crippen MR) is 109 cm³/mol. The van der Waals surface area contributed by atoms with Gasteiger partial charge >= 0.3 is 0 Å². The number of aromatic nitrogens is 1. The molecule has 1 aromatic heterocycles. The van der Waals surface area contributed by atoms with E-state index in [2.05, 4.69) is 16.5 Å². The molecule has 1 aliphatic heterocycles. The molecule has 0 atom stereocenters. The SMILES string of the molecule is C=C(C(=O)NO)c1ccccc1N1CCN(C(=O)Cc2nc(C)sc2C)CC1. The third-order valence-corrected chi connectivity index (χ3v) is 5.82. The first kappa shape index (κ1) is 20.0. The normalized spacial score (nSPS) is 14.1. The van der Waals surface area contributed by atoms with Gasteiger partial charge in [-0.25, -0.2) is 10.5 Å². The molecule has 0 aliphatic carbocycles. The number of nitrogens with one attached hydrogen (secondary N) is 1. The summed E-state index contributed by atoms with van der Waals surface area (Å²) in [6, 6.07) is 7.45. The van der Waals surface area contributed by atoms with E-state index in [9.17, 15) is 9.59 Å². The number of hydroxylamine groups is 1. The topological polar surface area (TPSA) is 85.8 Å². The average Bonchev–Trinajstić information content (AvgIpc) is 3.03. The molecule has 0 saturated carbocycles. The molecule has 2 N–H and O–H groups in total. The maximum absolute atomic E-state index is 12.7. The van der Waals surface area contributed by atoms with Crippen molar-refractivity contribution in [2.75, 3.05) is 31.1 Å². The van der Waals surface area contributed by atoms with E-state index in [1.54, 1.807) is 22.9 Å². The van der Waals surface area contributed by atoms with Gasteiger partial charge < -0.3 is 9.80 Å². The van der Waals surface area contributed by atoms with Gasteiger partial charge in [0, 0.05) is 47.9 Å². The van der Waals surface area contributed by atoms with E-state index < -0.39 is 5.91 Å². The van der Waals surface area contributed by atoms with Crippen molar-refractivity contribution in [1.29, 1.82) is 0 Å². The van der Waals surface area contributed by atoms with E-state index in [-0.39, 0.29) is 11.5 Å². The van der Waals surface area contributed by atoms with Crippen molar-refractivity contribution in [2.24, 2.45) is 0 Å². The fraction of sp³-hybridized carbons (Fsp3) is 0.350. The molecular weight excluding hydrogens is 376 g/mol. The Hall–Kier alpha value is -2.71. The number of benzene rings is 1. The van der Waals surface area contributed by atoms with Gasteiger partial charge in [0.1, 0.15) is 0 Å². The standard InChI is InChI=1S/C20H24N4O3S/c1-13(20(26)22-27)16-6-4-5-7-18(16)23-8-10-24(11-9-23)19(25)12-17-14(2)28-15(3)21-17/h4-7,27H,1,8-12H2,2-3H3,(H,22,26). The maximum Gasteiger partial charge on any atom is 0.274 e. The smallest absolute Gasteiger partial charge is 0.274 e. The van der Waals surface area contributed by atoms with E-state index >= 15 is 0 Å². The molecule has 0 unspecified atom stereocenters. The van der Waals surface area contributed by atoms with Gasteiger partial charge in [-0.1, -0.05) is 24.8 Å². The summed E-state index contributed by atoms with van der Waals surface area (Å²) in [7, 11) is 0. The Morgan fingerprint density at radius 3 is 2.50 bits per heavy atom. The first-order chi connectivity index (χ1) is 13.4. The van der Waals surface area contributed by atoms with E-state index in [1.807, 2.05) is 36.9 Å². The summed E-state index contributed by atoms with van der Waals surface area (Å²) >= 11 is 1.62. The van der Waals surface area contributed by atoms with Gasteiger partial charge in [0.15, 0.2) is 0 Å². The van der Waals surface area contributed by atoms with Crippen LogP contribution in [-0.4, -0.2) is 53.1 Å². The number of hydrogen-bond donors (Lipinski definition) is 2. The molecule has 148 valence electrons. The first-order valence-corrected chi connectivity index (χ1v) is 9.90. The first-order valence-electron chi connectivity index (χ1n) is 9.09. The fourth-order valence-electron chi connectivity index (χ4n) is 3.38. The zero-order chi connectivity index (χ0) is 20.3. The Morgan fingerprint density at radius 2 is 1.89 bits per heavy atom. The highest BCUT2D eigenvalue weighted by molar-refractivity contribution is 7.11. The summed E-state index contributed by atoms with van der Waals surface area (Å²) in [4.78, 5) is 34.0. The van der Waals surface area contributed by atoms with Gasteiger partial charge in [-0.15, -0.1) is 11.3 Å². The zero-order valence-electron chi connectivity index (χ0n) is 16.1. The molecule has 2 aromatic rings. The van der Waals surface area contributed by atoms with Crippen LogP contribution in [0, 0.1) is 13.8 Å². The zero-order valence-corrected chi connectivity index (χ0v) is 16.9. The van der Waals surface area contributed by atoms with E-state index in [1.165, 1.54) is 0 Å². The molecule has 0 spiro atoms. The van der Waals surface area contributed by atoms with Gasteiger partial charge in [-0.3, -0.25) is 14.8 Å². The minimum Gasteiger partial charge on any atom is -0.367 e. The van der Waals surface area contributed by atoms with Crippen LogP contribution < -0.4 is 10.4 Å². The van der Waals surface area contributed by atoms with Crippen molar-refractivity contribution in [3.05, 3.63) is 52.0 Å². The van der Waals surface area contributed by atoms with E-state index in [0.717, 1.165) is 21.3 Å². The number of para-hydroxylation sites is 1. The number of carbonyl (C=O) groups is 2. The number of piperazine rings is 1. The number of amides is 2. The predicted octanol–water partition coefficient (Wildman–Crippen LogP) is 2.17. The van der Waals surface area contributed by atoms with Crippen LogP contribution in [0.25, 0.3) is 5.57 Å². The lowest BCUT2D eigenvalue weighted by Crippen LogP contribution is -2.49. The van der Waals surface area contributed by atoms with Crippen molar-refractivity contribution in [1.82, 2.24) is 15.4 Å². The molecule has 8 heteroatoms. The molecule has 2 amide bonds. The van der Waals surface area contributed by atoms with Crippen LogP contribution in [0.4, 0.5) is 5.69 Å². The minimum absolute atomic E-state index is 0.0883. The summed E-state index contributed by atoms with van der Waals surface area (Å²) in [6.45, 7) is 10.3. The number of carbonyl (C=O) groups excluding carboxylic acids is 2. The van der Waals surface area contributed by atoms with Crippen molar-refractivity contribution in [3.63, 3.8) is 0 Å². The maximum atomic E-state index is 12.7. The summed E-state index contributed by atoms with van der Waals surface area (Å²) in [5, 5.41) is 9.86. The van der Waals surface area contributed by atoms with Gasteiger partial charge in [0.2, 0.25) is 5.91 Å². The minimum atomic E-state index is -0.629. The Labute approximate surface area is 168 Å². The number of rotatable bonds is 5.